The van der Waals surface area contributed by atoms with Gasteiger partial charge in [-0.05, 0) is 18.6 Å². The standard InChI is InChI=1S/C19H26N8O/c1-20-19(22-9-6-12-28-15-7-4-3-5-8-15)23-11-10-21-17-16-13-26-27(2)18(16)25-14-24-17/h3-5,7-8,13-14H,6,9-12H2,1-2H3,(H2,20,22,23)(H,21,24,25). The van der Waals surface area contributed by atoms with Crippen molar-refractivity contribution >= 4 is 22.8 Å². The van der Waals surface area contributed by atoms with Crippen molar-refractivity contribution in [3.8, 4) is 5.75 Å². The molecule has 0 aliphatic carbocycles. The number of nitrogens with zero attached hydrogens (tertiary/aromatic N) is 5. The smallest absolute Gasteiger partial charge is 0.191 e. The summed E-state index contributed by atoms with van der Waals surface area (Å²) in [4.78, 5) is 12.8. The first-order valence-electron chi connectivity index (χ1n) is 9.27. The number of ether oxygens (including phenoxy) is 1. The maximum Gasteiger partial charge on any atom is 0.191 e. The number of benzene rings is 1. The van der Waals surface area contributed by atoms with Crippen LogP contribution in [0.2, 0.25) is 0 Å². The van der Waals surface area contributed by atoms with Crippen LogP contribution in [0.5, 0.6) is 5.75 Å². The van der Waals surface area contributed by atoms with Crippen LogP contribution in [0.1, 0.15) is 6.42 Å². The number of rotatable bonds is 9. The molecule has 0 saturated carbocycles. The molecule has 0 amide bonds. The molecule has 0 spiro atoms. The van der Waals surface area contributed by atoms with E-state index in [1.165, 1.54) is 6.33 Å². The highest BCUT2D eigenvalue weighted by Gasteiger charge is 2.07. The average molecular weight is 382 g/mol. The van der Waals surface area contributed by atoms with Crippen molar-refractivity contribution in [2.45, 2.75) is 6.42 Å². The van der Waals surface area contributed by atoms with Crippen molar-refractivity contribution in [1.29, 1.82) is 0 Å². The summed E-state index contributed by atoms with van der Waals surface area (Å²) in [6.45, 7) is 2.83. The van der Waals surface area contributed by atoms with E-state index >= 15 is 0 Å². The Morgan fingerprint density at radius 2 is 1.93 bits per heavy atom. The summed E-state index contributed by atoms with van der Waals surface area (Å²) >= 11 is 0. The Kier molecular flexibility index (Phi) is 7.00. The molecule has 1 aromatic carbocycles. The molecule has 0 unspecified atom stereocenters. The lowest BCUT2D eigenvalue weighted by Gasteiger charge is -2.13. The van der Waals surface area contributed by atoms with Gasteiger partial charge in [0, 0.05) is 33.7 Å². The predicted molar refractivity (Wildman–Crippen MR) is 111 cm³/mol. The predicted octanol–water partition coefficient (Wildman–Crippen LogP) is 1.41. The van der Waals surface area contributed by atoms with Gasteiger partial charge >= 0.3 is 0 Å². The molecule has 2 heterocycles. The Labute approximate surface area is 164 Å². The Bertz CT molecular complexity index is 893. The zero-order chi connectivity index (χ0) is 19.6. The van der Waals surface area contributed by atoms with Crippen molar-refractivity contribution < 1.29 is 4.74 Å². The molecule has 3 rings (SSSR count). The summed E-state index contributed by atoms with van der Waals surface area (Å²) in [6.07, 6.45) is 4.19. The first kappa shape index (κ1) is 19.4. The van der Waals surface area contributed by atoms with E-state index < -0.39 is 0 Å². The van der Waals surface area contributed by atoms with E-state index in [-0.39, 0.29) is 0 Å². The van der Waals surface area contributed by atoms with Gasteiger partial charge in [0.2, 0.25) is 0 Å². The van der Waals surface area contributed by atoms with Gasteiger partial charge < -0.3 is 20.7 Å². The fraction of sp³-hybridized carbons (Fsp3) is 0.368. The van der Waals surface area contributed by atoms with Gasteiger partial charge in [0.15, 0.2) is 11.6 Å². The van der Waals surface area contributed by atoms with Crippen molar-refractivity contribution in [3.05, 3.63) is 42.9 Å². The fourth-order valence-corrected chi connectivity index (χ4v) is 2.67. The lowest BCUT2D eigenvalue weighted by molar-refractivity contribution is 0.311. The summed E-state index contributed by atoms with van der Waals surface area (Å²) < 4.78 is 7.41. The van der Waals surface area contributed by atoms with Gasteiger partial charge in [0.1, 0.15) is 17.9 Å². The van der Waals surface area contributed by atoms with Gasteiger partial charge in [-0.25, -0.2) is 9.97 Å². The molecule has 0 bridgehead atoms. The first-order chi connectivity index (χ1) is 13.8. The van der Waals surface area contributed by atoms with E-state index in [4.69, 9.17) is 4.74 Å². The molecule has 3 N–H and O–H groups in total. The zero-order valence-electron chi connectivity index (χ0n) is 16.2. The molecule has 148 valence electrons. The second kappa shape index (κ2) is 10.1. The lowest BCUT2D eigenvalue weighted by Crippen LogP contribution is -2.40. The minimum absolute atomic E-state index is 0.657. The van der Waals surface area contributed by atoms with Gasteiger partial charge in [-0.2, -0.15) is 5.10 Å². The van der Waals surface area contributed by atoms with E-state index in [2.05, 4.69) is 36.0 Å². The quantitative estimate of drug-likeness (QED) is 0.292. The number of hydrogen-bond acceptors (Lipinski definition) is 6. The van der Waals surface area contributed by atoms with Gasteiger partial charge in [-0.3, -0.25) is 9.67 Å². The molecule has 9 nitrogen and oxygen atoms in total. The van der Waals surface area contributed by atoms with Crippen LogP contribution in [0.4, 0.5) is 5.82 Å². The summed E-state index contributed by atoms with van der Waals surface area (Å²) in [5.41, 5.74) is 0.806. The zero-order valence-corrected chi connectivity index (χ0v) is 16.2. The average Bonchev–Trinajstić information content (AvgIpc) is 3.12. The normalized spacial score (nSPS) is 11.4. The molecule has 0 fully saturated rings. The SMILES string of the molecule is CN=C(NCCCOc1ccccc1)NCCNc1ncnc2c1cnn2C. The number of para-hydroxylation sites is 1. The number of fused-ring (bicyclic) bond motifs is 1. The van der Waals surface area contributed by atoms with Crippen molar-refractivity contribution in [2.24, 2.45) is 12.0 Å². The molecule has 2 aromatic heterocycles. The topological polar surface area (TPSA) is 101 Å². The molecule has 0 radical (unpaired) electrons. The largest absolute Gasteiger partial charge is 0.494 e. The highest BCUT2D eigenvalue weighted by molar-refractivity contribution is 5.86. The third kappa shape index (κ3) is 5.32. The van der Waals surface area contributed by atoms with Crippen LogP contribution in [0.15, 0.2) is 47.8 Å². The van der Waals surface area contributed by atoms with Crippen molar-refractivity contribution in [1.82, 2.24) is 30.4 Å². The van der Waals surface area contributed by atoms with E-state index in [0.717, 1.165) is 41.5 Å². The molecule has 9 heteroatoms. The molecule has 0 aliphatic heterocycles. The van der Waals surface area contributed by atoms with Crippen molar-refractivity contribution in [3.63, 3.8) is 0 Å². The van der Waals surface area contributed by atoms with E-state index in [1.54, 1.807) is 17.9 Å². The second-order valence-corrected chi connectivity index (χ2v) is 6.10. The third-order valence-electron chi connectivity index (χ3n) is 4.09. The summed E-state index contributed by atoms with van der Waals surface area (Å²) in [5, 5.41) is 15.0. The Balaban J connectivity index is 1.33. The van der Waals surface area contributed by atoms with Gasteiger partial charge in [-0.15, -0.1) is 0 Å². The lowest BCUT2D eigenvalue weighted by atomic mass is 10.3. The van der Waals surface area contributed by atoms with Crippen molar-refractivity contribution in [2.75, 3.05) is 38.6 Å². The minimum Gasteiger partial charge on any atom is -0.494 e. The van der Waals surface area contributed by atoms with E-state index in [1.807, 2.05) is 37.4 Å². The van der Waals surface area contributed by atoms with Crippen LogP contribution in [0.3, 0.4) is 0 Å². The molecule has 3 aromatic rings. The van der Waals surface area contributed by atoms with E-state index in [9.17, 15) is 0 Å². The van der Waals surface area contributed by atoms with Crippen LogP contribution in [0, 0.1) is 0 Å². The molecular weight excluding hydrogens is 356 g/mol. The van der Waals surface area contributed by atoms with Crippen LogP contribution in [0.25, 0.3) is 11.0 Å². The highest BCUT2D eigenvalue weighted by atomic mass is 16.5. The minimum atomic E-state index is 0.657. The van der Waals surface area contributed by atoms with Gasteiger partial charge in [0.05, 0.1) is 18.2 Å². The number of aromatic nitrogens is 4. The number of hydrogen-bond donors (Lipinski definition) is 3. The highest BCUT2D eigenvalue weighted by Crippen LogP contribution is 2.17. The molecular formula is C19H26N8O. The first-order valence-corrected chi connectivity index (χ1v) is 9.27. The summed E-state index contributed by atoms with van der Waals surface area (Å²) in [6, 6.07) is 9.82. The number of anilines is 1. The maximum absolute atomic E-state index is 5.68. The van der Waals surface area contributed by atoms with Crippen LogP contribution < -0.4 is 20.7 Å². The number of aryl methyl sites for hydroxylation is 1. The second-order valence-electron chi connectivity index (χ2n) is 6.10. The van der Waals surface area contributed by atoms with E-state index in [0.29, 0.717) is 19.7 Å². The summed E-state index contributed by atoms with van der Waals surface area (Å²) in [7, 11) is 3.62. The number of guanidine groups is 1. The molecule has 0 atom stereocenters. The Hall–Kier alpha value is -3.36. The molecule has 0 saturated heterocycles. The van der Waals surface area contributed by atoms with Gasteiger partial charge in [0.25, 0.3) is 0 Å². The third-order valence-corrected chi connectivity index (χ3v) is 4.09. The monoisotopic (exact) mass is 382 g/mol. The van der Waals surface area contributed by atoms with Crippen LogP contribution in [-0.4, -0.2) is 59.0 Å². The Morgan fingerprint density at radius 3 is 2.75 bits per heavy atom. The summed E-state index contributed by atoms with van der Waals surface area (Å²) in [5.74, 6) is 2.43. The molecule has 0 aliphatic rings. The molecule has 28 heavy (non-hydrogen) atoms. The number of nitrogens with one attached hydrogen (secondary N) is 3. The number of aliphatic imine (C=N–C) groups is 1. The van der Waals surface area contributed by atoms with Crippen LogP contribution in [-0.2, 0) is 7.05 Å². The fourth-order valence-electron chi connectivity index (χ4n) is 2.67. The Morgan fingerprint density at radius 1 is 1.11 bits per heavy atom. The van der Waals surface area contributed by atoms with Crippen LogP contribution >= 0.6 is 0 Å². The van der Waals surface area contributed by atoms with Gasteiger partial charge in [-0.1, -0.05) is 18.2 Å². The maximum atomic E-state index is 5.68.